The Morgan fingerprint density at radius 2 is 2.25 bits per heavy atom. The summed E-state index contributed by atoms with van der Waals surface area (Å²) in [6.07, 6.45) is 0.641. The van der Waals surface area contributed by atoms with Crippen LogP contribution in [0.25, 0.3) is 0 Å². The molecule has 6 nitrogen and oxygen atoms in total. The van der Waals surface area contributed by atoms with Crippen LogP contribution < -0.4 is 9.47 Å². The first kappa shape index (κ1) is 13.2. The van der Waals surface area contributed by atoms with Crippen molar-refractivity contribution in [2.45, 2.75) is 25.4 Å². The number of hydrogen-bond acceptors (Lipinski definition) is 4. The lowest BCUT2D eigenvalue weighted by molar-refractivity contribution is -0.146. The van der Waals surface area contributed by atoms with Gasteiger partial charge in [0.05, 0.1) is 4.47 Å². The molecule has 2 heterocycles. The number of likely N-dealkylation sites (tertiary alicyclic amines) is 1. The number of carboxylic acid groups (broad SMARTS) is 1. The number of aliphatic carboxylic acids is 1. The van der Waals surface area contributed by atoms with E-state index in [1.807, 2.05) is 6.07 Å². The minimum Gasteiger partial charge on any atom is -0.480 e. The predicted molar refractivity (Wildman–Crippen MR) is 71.5 cm³/mol. The van der Waals surface area contributed by atoms with E-state index in [0.717, 1.165) is 10.0 Å². The number of amides is 1. The van der Waals surface area contributed by atoms with E-state index in [1.54, 1.807) is 6.07 Å². The topological polar surface area (TPSA) is 76.1 Å². The summed E-state index contributed by atoms with van der Waals surface area (Å²) in [6, 6.07) is 2.85. The summed E-state index contributed by atoms with van der Waals surface area (Å²) >= 11 is 3.38. The zero-order valence-corrected chi connectivity index (χ0v) is 12.1. The molecule has 1 fully saturated rings. The van der Waals surface area contributed by atoms with Crippen molar-refractivity contribution < 1.29 is 24.2 Å². The fraction of sp³-hybridized carbons (Fsp3) is 0.385. The van der Waals surface area contributed by atoms with Gasteiger partial charge in [0, 0.05) is 13.0 Å². The van der Waals surface area contributed by atoms with E-state index in [9.17, 15) is 9.59 Å². The number of carbonyl (C=O) groups excluding carboxylic acids is 1. The van der Waals surface area contributed by atoms with Crippen molar-refractivity contribution in [1.82, 2.24) is 4.90 Å². The minimum absolute atomic E-state index is 0.133. The van der Waals surface area contributed by atoms with Gasteiger partial charge in [0.25, 0.3) is 0 Å². The van der Waals surface area contributed by atoms with E-state index in [0.29, 0.717) is 17.9 Å². The van der Waals surface area contributed by atoms with Gasteiger partial charge in [-0.1, -0.05) is 0 Å². The Balaban J connectivity index is 1.86. The maximum absolute atomic E-state index is 11.8. The summed E-state index contributed by atoms with van der Waals surface area (Å²) in [4.78, 5) is 24.4. The number of benzene rings is 1. The van der Waals surface area contributed by atoms with Crippen LogP contribution in [0.1, 0.15) is 18.4 Å². The monoisotopic (exact) mass is 341 g/mol. The molecule has 3 rings (SSSR count). The van der Waals surface area contributed by atoms with Gasteiger partial charge in [-0.2, -0.15) is 0 Å². The van der Waals surface area contributed by atoms with E-state index in [2.05, 4.69) is 15.9 Å². The quantitative estimate of drug-likeness (QED) is 0.906. The Bertz CT molecular complexity index is 588. The Hall–Kier alpha value is -1.76. The number of fused-ring (bicyclic) bond motifs is 1. The molecule has 0 spiro atoms. The summed E-state index contributed by atoms with van der Waals surface area (Å²) < 4.78 is 11.3. The number of nitrogens with zero attached hydrogens (tertiary/aromatic N) is 1. The van der Waals surface area contributed by atoms with Crippen LogP contribution in [0.5, 0.6) is 11.5 Å². The summed E-state index contributed by atoms with van der Waals surface area (Å²) in [5.41, 5.74) is 0.808. The van der Waals surface area contributed by atoms with Crippen molar-refractivity contribution in [2.24, 2.45) is 0 Å². The molecule has 1 atom stereocenters. The molecule has 1 amide bonds. The van der Waals surface area contributed by atoms with Crippen molar-refractivity contribution >= 4 is 27.8 Å². The van der Waals surface area contributed by atoms with Crippen molar-refractivity contribution in [3.05, 3.63) is 22.2 Å². The number of rotatable bonds is 3. The third-order valence-electron chi connectivity index (χ3n) is 3.45. The van der Waals surface area contributed by atoms with Gasteiger partial charge in [0.15, 0.2) is 11.5 Å². The molecule has 7 heteroatoms. The first-order valence-electron chi connectivity index (χ1n) is 6.16. The molecule has 2 aliphatic heterocycles. The minimum atomic E-state index is -0.962. The Morgan fingerprint density at radius 1 is 1.45 bits per heavy atom. The summed E-state index contributed by atoms with van der Waals surface area (Å²) in [6.45, 7) is 0.419. The van der Waals surface area contributed by atoms with Crippen LogP contribution in [0, 0.1) is 0 Å². The number of carbonyl (C=O) groups is 2. The second kappa shape index (κ2) is 4.97. The highest BCUT2D eigenvalue weighted by atomic mass is 79.9. The zero-order valence-electron chi connectivity index (χ0n) is 10.5. The Labute approximate surface area is 123 Å². The molecule has 1 aromatic carbocycles. The van der Waals surface area contributed by atoms with Gasteiger partial charge in [0.2, 0.25) is 12.7 Å². The summed E-state index contributed by atoms with van der Waals surface area (Å²) in [5.74, 6) is 0.144. The SMILES string of the molecule is O=C(O)C1CCC(=O)N1Cc1cc(Br)c2c(c1)OCO2. The molecule has 0 radical (unpaired) electrons. The Morgan fingerprint density at radius 3 is 3.00 bits per heavy atom. The Kier molecular flexibility index (Phi) is 3.29. The predicted octanol–water partition coefficient (Wildman–Crippen LogP) is 1.75. The van der Waals surface area contributed by atoms with Gasteiger partial charge in [-0.05, 0) is 40.0 Å². The van der Waals surface area contributed by atoms with Crippen LogP contribution in [0.4, 0.5) is 0 Å². The van der Waals surface area contributed by atoms with Crippen LogP contribution >= 0.6 is 15.9 Å². The number of hydrogen-bond donors (Lipinski definition) is 1. The summed E-state index contributed by atoms with van der Waals surface area (Å²) in [5, 5.41) is 9.14. The van der Waals surface area contributed by atoms with Crippen LogP contribution in [0.15, 0.2) is 16.6 Å². The second-order valence-electron chi connectivity index (χ2n) is 4.73. The van der Waals surface area contributed by atoms with Crippen LogP contribution in [0.3, 0.4) is 0 Å². The third-order valence-corrected chi connectivity index (χ3v) is 4.04. The molecule has 0 aliphatic carbocycles. The zero-order chi connectivity index (χ0) is 14.3. The second-order valence-corrected chi connectivity index (χ2v) is 5.58. The third kappa shape index (κ3) is 2.22. The van der Waals surface area contributed by atoms with Crippen molar-refractivity contribution in [3.63, 3.8) is 0 Å². The van der Waals surface area contributed by atoms with Crippen molar-refractivity contribution in [1.29, 1.82) is 0 Å². The number of ether oxygens (including phenoxy) is 2. The molecule has 1 N–H and O–H groups in total. The molecule has 106 valence electrons. The normalized spacial score (nSPS) is 20.6. The largest absolute Gasteiger partial charge is 0.480 e. The summed E-state index contributed by atoms with van der Waals surface area (Å²) in [7, 11) is 0. The highest BCUT2D eigenvalue weighted by Gasteiger charge is 2.36. The maximum atomic E-state index is 11.8. The molecule has 20 heavy (non-hydrogen) atoms. The molecular formula is C13H12BrNO5. The molecule has 0 bridgehead atoms. The lowest BCUT2D eigenvalue weighted by Gasteiger charge is -2.21. The van der Waals surface area contributed by atoms with Gasteiger partial charge in [-0.15, -0.1) is 0 Å². The molecular weight excluding hydrogens is 330 g/mol. The van der Waals surface area contributed by atoms with Crippen LogP contribution in [0.2, 0.25) is 0 Å². The lowest BCUT2D eigenvalue weighted by atomic mass is 10.1. The van der Waals surface area contributed by atoms with Crippen LogP contribution in [-0.4, -0.2) is 34.7 Å². The lowest BCUT2D eigenvalue weighted by Crippen LogP contribution is -2.37. The van der Waals surface area contributed by atoms with Gasteiger partial charge in [0.1, 0.15) is 6.04 Å². The molecule has 0 aromatic heterocycles. The van der Waals surface area contributed by atoms with Gasteiger partial charge in [-0.25, -0.2) is 4.79 Å². The average molecular weight is 342 g/mol. The van der Waals surface area contributed by atoms with E-state index in [-0.39, 0.29) is 25.7 Å². The van der Waals surface area contributed by atoms with Crippen molar-refractivity contribution in [2.75, 3.05) is 6.79 Å². The fourth-order valence-corrected chi connectivity index (χ4v) is 3.10. The van der Waals surface area contributed by atoms with E-state index in [4.69, 9.17) is 14.6 Å². The molecule has 0 saturated carbocycles. The van der Waals surface area contributed by atoms with E-state index >= 15 is 0 Å². The van der Waals surface area contributed by atoms with Gasteiger partial charge >= 0.3 is 5.97 Å². The number of halogens is 1. The fourth-order valence-electron chi connectivity index (χ4n) is 2.50. The highest BCUT2D eigenvalue weighted by Crippen LogP contribution is 2.40. The van der Waals surface area contributed by atoms with Gasteiger partial charge < -0.3 is 19.5 Å². The van der Waals surface area contributed by atoms with E-state index in [1.165, 1.54) is 4.90 Å². The maximum Gasteiger partial charge on any atom is 0.326 e. The first-order chi connectivity index (χ1) is 9.56. The average Bonchev–Trinajstić information content (AvgIpc) is 2.98. The molecule has 1 saturated heterocycles. The standard InChI is InChI=1S/C13H12BrNO5/c14-8-3-7(4-10-12(8)20-6-19-10)5-15-9(13(17)18)1-2-11(15)16/h3-4,9H,1-2,5-6H2,(H,17,18). The molecule has 1 aromatic rings. The van der Waals surface area contributed by atoms with Gasteiger partial charge in [-0.3, -0.25) is 4.79 Å². The highest BCUT2D eigenvalue weighted by molar-refractivity contribution is 9.10. The number of carboxylic acids is 1. The smallest absolute Gasteiger partial charge is 0.326 e. The van der Waals surface area contributed by atoms with E-state index < -0.39 is 12.0 Å². The van der Waals surface area contributed by atoms with Crippen LogP contribution in [-0.2, 0) is 16.1 Å². The molecule has 2 aliphatic rings. The van der Waals surface area contributed by atoms with Crippen molar-refractivity contribution in [3.8, 4) is 11.5 Å². The molecule has 1 unspecified atom stereocenters. The first-order valence-corrected chi connectivity index (χ1v) is 6.96.